The highest BCUT2D eigenvalue weighted by molar-refractivity contribution is 6.08. The average Bonchev–Trinajstić information content (AvgIpc) is 2.34. The summed E-state index contributed by atoms with van der Waals surface area (Å²) in [6.07, 6.45) is 3.62. The molecule has 14 heavy (non-hydrogen) atoms. The molecule has 0 heterocycles. The molecule has 0 spiro atoms. The highest BCUT2D eigenvalue weighted by Gasteiger charge is 2.24. The summed E-state index contributed by atoms with van der Waals surface area (Å²) in [5.74, 6) is 0.115. The van der Waals surface area contributed by atoms with Crippen LogP contribution in [0.15, 0.2) is 23.8 Å². The molecule has 0 aromatic carbocycles. The summed E-state index contributed by atoms with van der Waals surface area (Å²) in [5, 5.41) is 10.8. The highest BCUT2D eigenvalue weighted by atomic mass is 16.4. The van der Waals surface area contributed by atoms with Crippen molar-refractivity contribution in [2.75, 3.05) is 0 Å². The topological polar surface area (TPSA) is 66.4 Å². The van der Waals surface area contributed by atoms with Crippen molar-refractivity contribution in [3.8, 4) is 0 Å². The maximum Gasteiger partial charge on any atom is 0.405 e. The van der Waals surface area contributed by atoms with Crippen molar-refractivity contribution in [2.24, 2.45) is 5.92 Å². The third-order valence-corrected chi connectivity index (χ3v) is 1.85. The monoisotopic (exact) mass is 195 g/mol. The average molecular weight is 195 g/mol. The molecule has 1 rings (SSSR count). The van der Waals surface area contributed by atoms with Gasteiger partial charge in [-0.3, -0.25) is 4.79 Å². The molecular weight excluding hydrogens is 182 g/mol. The molecule has 0 saturated carbocycles. The molecule has 4 heteroatoms. The number of allylic oxidation sites excluding steroid dienone is 2. The quantitative estimate of drug-likeness (QED) is 0.653. The maximum absolute atomic E-state index is 11.3. The van der Waals surface area contributed by atoms with Gasteiger partial charge < -0.3 is 10.4 Å². The van der Waals surface area contributed by atoms with Gasteiger partial charge in [-0.05, 0) is 12.0 Å². The van der Waals surface area contributed by atoms with E-state index in [9.17, 15) is 9.59 Å². The summed E-state index contributed by atoms with van der Waals surface area (Å²) in [5.41, 5.74) is 0.516. The summed E-state index contributed by atoms with van der Waals surface area (Å²) in [7, 11) is 0. The van der Waals surface area contributed by atoms with Crippen LogP contribution in [0.2, 0.25) is 0 Å². The van der Waals surface area contributed by atoms with Gasteiger partial charge in [-0.2, -0.15) is 0 Å². The highest BCUT2D eigenvalue weighted by Crippen LogP contribution is 2.16. The molecule has 1 amide bonds. The van der Waals surface area contributed by atoms with Crippen LogP contribution in [0.4, 0.5) is 4.79 Å². The molecule has 1 atom stereocenters. The number of rotatable bonds is 2. The molecular formula is C10H13NO3. The van der Waals surface area contributed by atoms with E-state index in [2.05, 4.69) is 5.32 Å². The van der Waals surface area contributed by atoms with Gasteiger partial charge in [0.1, 0.15) is 0 Å². The Morgan fingerprint density at radius 3 is 2.79 bits per heavy atom. The first-order valence-corrected chi connectivity index (χ1v) is 4.44. The third-order valence-electron chi connectivity index (χ3n) is 1.85. The second kappa shape index (κ2) is 4.09. The van der Waals surface area contributed by atoms with Crippen LogP contribution in [0, 0.1) is 5.92 Å². The van der Waals surface area contributed by atoms with Crippen molar-refractivity contribution in [1.82, 2.24) is 5.32 Å². The van der Waals surface area contributed by atoms with Crippen LogP contribution in [0.5, 0.6) is 0 Å². The van der Waals surface area contributed by atoms with Gasteiger partial charge in [0.2, 0.25) is 0 Å². The van der Waals surface area contributed by atoms with Crippen LogP contribution in [0.1, 0.15) is 13.8 Å². The largest absolute Gasteiger partial charge is 0.465 e. The fourth-order valence-electron chi connectivity index (χ4n) is 1.34. The fraction of sp³-hybridized carbons (Fsp3) is 0.400. The molecule has 0 aromatic rings. The molecule has 2 N–H and O–H groups in total. The summed E-state index contributed by atoms with van der Waals surface area (Å²) < 4.78 is 0. The zero-order valence-corrected chi connectivity index (χ0v) is 8.15. The van der Waals surface area contributed by atoms with E-state index in [0.717, 1.165) is 0 Å². The van der Waals surface area contributed by atoms with Crippen molar-refractivity contribution in [2.45, 2.75) is 19.9 Å². The number of amides is 1. The van der Waals surface area contributed by atoms with Crippen molar-refractivity contribution < 1.29 is 14.7 Å². The van der Waals surface area contributed by atoms with Gasteiger partial charge in [0.25, 0.3) is 0 Å². The minimum Gasteiger partial charge on any atom is -0.465 e. The number of carboxylic acid groups (broad SMARTS) is 1. The summed E-state index contributed by atoms with van der Waals surface area (Å²) in [4.78, 5) is 21.7. The summed E-state index contributed by atoms with van der Waals surface area (Å²) in [6, 6.07) is -0.484. The Labute approximate surface area is 82.3 Å². The first kappa shape index (κ1) is 10.5. The molecule has 0 fully saturated rings. The van der Waals surface area contributed by atoms with E-state index in [1.54, 1.807) is 12.2 Å². The lowest BCUT2D eigenvalue weighted by Crippen LogP contribution is -2.33. The van der Waals surface area contributed by atoms with E-state index in [0.29, 0.717) is 5.57 Å². The molecule has 0 aliphatic heterocycles. The minimum atomic E-state index is -1.12. The lowest BCUT2D eigenvalue weighted by Gasteiger charge is -2.10. The number of hydrogen-bond donors (Lipinski definition) is 2. The SMILES string of the molecule is CC(C)/C=C1\C(=O)C=C[C@@H]1NC(=O)O. The first-order valence-electron chi connectivity index (χ1n) is 4.44. The summed E-state index contributed by atoms with van der Waals surface area (Å²) >= 11 is 0. The Balaban J connectivity index is 2.81. The van der Waals surface area contributed by atoms with E-state index in [1.807, 2.05) is 13.8 Å². The van der Waals surface area contributed by atoms with Gasteiger partial charge >= 0.3 is 6.09 Å². The Kier molecular flexibility index (Phi) is 3.06. The van der Waals surface area contributed by atoms with Gasteiger partial charge in [0.15, 0.2) is 5.78 Å². The molecule has 1 aliphatic rings. The van der Waals surface area contributed by atoms with Gasteiger partial charge in [0.05, 0.1) is 6.04 Å². The van der Waals surface area contributed by atoms with Gasteiger partial charge in [0, 0.05) is 5.57 Å². The minimum absolute atomic E-state index is 0.113. The number of carbonyl (C=O) groups is 2. The maximum atomic E-state index is 11.3. The van der Waals surface area contributed by atoms with Crippen molar-refractivity contribution >= 4 is 11.9 Å². The Morgan fingerprint density at radius 1 is 1.64 bits per heavy atom. The smallest absolute Gasteiger partial charge is 0.405 e. The Bertz CT molecular complexity index is 315. The predicted molar refractivity (Wildman–Crippen MR) is 52.0 cm³/mol. The molecule has 4 nitrogen and oxygen atoms in total. The lowest BCUT2D eigenvalue weighted by molar-refractivity contribution is -0.111. The number of carbonyl (C=O) groups excluding carboxylic acids is 1. The van der Waals surface area contributed by atoms with E-state index in [4.69, 9.17) is 5.11 Å². The molecule has 76 valence electrons. The second-order valence-corrected chi connectivity index (χ2v) is 3.52. The Hall–Kier alpha value is -1.58. The molecule has 0 saturated heterocycles. The number of hydrogen-bond acceptors (Lipinski definition) is 2. The van der Waals surface area contributed by atoms with Crippen molar-refractivity contribution in [1.29, 1.82) is 0 Å². The number of nitrogens with one attached hydrogen (secondary N) is 1. The van der Waals surface area contributed by atoms with Crippen LogP contribution in [0.3, 0.4) is 0 Å². The van der Waals surface area contributed by atoms with E-state index in [1.165, 1.54) is 6.08 Å². The van der Waals surface area contributed by atoms with Crippen LogP contribution in [0.25, 0.3) is 0 Å². The molecule has 0 bridgehead atoms. The van der Waals surface area contributed by atoms with Crippen LogP contribution >= 0.6 is 0 Å². The zero-order chi connectivity index (χ0) is 10.7. The van der Waals surface area contributed by atoms with Crippen molar-refractivity contribution in [3.05, 3.63) is 23.8 Å². The normalized spacial score (nSPS) is 23.5. The predicted octanol–water partition coefficient (Wildman–Crippen LogP) is 1.34. The van der Waals surface area contributed by atoms with Gasteiger partial charge in [-0.15, -0.1) is 0 Å². The van der Waals surface area contributed by atoms with Gasteiger partial charge in [-0.25, -0.2) is 4.79 Å². The first-order chi connectivity index (χ1) is 6.50. The number of ketones is 1. The Morgan fingerprint density at radius 2 is 2.29 bits per heavy atom. The van der Waals surface area contributed by atoms with E-state index >= 15 is 0 Å². The standard InChI is InChI=1S/C10H13NO3/c1-6(2)5-7-8(11-10(13)14)3-4-9(7)12/h3-6,8,11H,1-2H3,(H,13,14)/b7-5-/t8-/m0/s1. The second-order valence-electron chi connectivity index (χ2n) is 3.52. The van der Waals surface area contributed by atoms with Crippen LogP contribution in [-0.4, -0.2) is 23.0 Å². The van der Waals surface area contributed by atoms with Crippen LogP contribution < -0.4 is 5.32 Å². The van der Waals surface area contributed by atoms with Crippen LogP contribution in [-0.2, 0) is 4.79 Å². The third kappa shape index (κ3) is 2.45. The zero-order valence-electron chi connectivity index (χ0n) is 8.15. The van der Waals surface area contributed by atoms with E-state index < -0.39 is 12.1 Å². The van der Waals surface area contributed by atoms with Crippen molar-refractivity contribution in [3.63, 3.8) is 0 Å². The molecule has 1 aliphatic carbocycles. The molecule has 0 unspecified atom stereocenters. The lowest BCUT2D eigenvalue weighted by atomic mass is 10.0. The van der Waals surface area contributed by atoms with Gasteiger partial charge in [-0.1, -0.05) is 26.0 Å². The molecule has 0 radical (unpaired) electrons. The molecule has 0 aromatic heterocycles. The summed E-state index contributed by atoms with van der Waals surface area (Å²) in [6.45, 7) is 3.88. The van der Waals surface area contributed by atoms with E-state index in [-0.39, 0.29) is 11.7 Å². The fourth-order valence-corrected chi connectivity index (χ4v) is 1.34.